The molecule has 3 rings (SSSR count). The molecule has 6 nitrogen and oxygen atoms in total. The van der Waals surface area contributed by atoms with Gasteiger partial charge in [0.25, 0.3) is 0 Å². The predicted octanol–water partition coefficient (Wildman–Crippen LogP) is 4.01. The predicted molar refractivity (Wildman–Crippen MR) is 111 cm³/mol. The summed E-state index contributed by atoms with van der Waals surface area (Å²) < 4.78 is 10.7. The lowest BCUT2D eigenvalue weighted by atomic mass is 10.1. The average molecular weight is 383 g/mol. The Morgan fingerprint density at radius 1 is 0.964 bits per heavy atom. The Hall–Kier alpha value is -2.73. The summed E-state index contributed by atoms with van der Waals surface area (Å²) in [5.74, 6) is 1.28. The summed E-state index contributed by atoms with van der Waals surface area (Å²) >= 11 is 0. The van der Waals surface area contributed by atoms with Gasteiger partial charge in [-0.2, -0.15) is 0 Å². The van der Waals surface area contributed by atoms with E-state index in [-0.39, 0.29) is 6.03 Å². The van der Waals surface area contributed by atoms with Gasteiger partial charge in [-0.05, 0) is 43.6 Å². The Bertz CT molecular complexity index is 788. The van der Waals surface area contributed by atoms with Crippen LogP contribution in [0.1, 0.15) is 30.4 Å². The molecule has 0 saturated carbocycles. The average Bonchev–Trinajstić information content (AvgIpc) is 2.74. The number of ether oxygens (including phenoxy) is 2. The summed E-state index contributed by atoms with van der Waals surface area (Å²) in [4.78, 5) is 14.9. The number of hydrogen-bond donors (Lipinski definition) is 2. The number of carbonyl (C=O) groups is 1. The summed E-state index contributed by atoms with van der Waals surface area (Å²) in [6.07, 6.45) is 3.81. The first-order valence-corrected chi connectivity index (χ1v) is 9.76. The zero-order chi connectivity index (χ0) is 19.8. The van der Waals surface area contributed by atoms with E-state index in [2.05, 4.69) is 21.6 Å². The molecular weight excluding hydrogens is 354 g/mol. The lowest BCUT2D eigenvalue weighted by molar-refractivity contribution is 0.221. The molecule has 150 valence electrons. The van der Waals surface area contributed by atoms with Gasteiger partial charge < -0.3 is 20.1 Å². The minimum atomic E-state index is -0.240. The van der Waals surface area contributed by atoms with Gasteiger partial charge in [-0.25, -0.2) is 4.79 Å². The molecule has 0 spiro atoms. The molecule has 0 bridgehead atoms. The number of rotatable bonds is 7. The van der Waals surface area contributed by atoms with Crippen molar-refractivity contribution in [2.45, 2.75) is 32.4 Å². The molecule has 2 aromatic carbocycles. The van der Waals surface area contributed by atoms with E-state index in [1.54, 1.807) is 14.2 Å². The van der Waals surface area contributed by atoms with Crippen molar-refractivity contribution in [3.8, 4) is 11.5 Å². The number of amides is 2. The first-order chi connectivity index (χ1) is 13.7. The Morgan fingerprint density at radius 3 is 2.46 bits per heavy atom. The van der Waals surface area contributed by atoms with Gasteiger partial charge in [0.1, 0.15) is 0 Å². The summed E-state index contributed by atoms with van der Waals surface area (Å²) in [6, 6.07) is 13.4. The number of piperidine rings is 1. The molecular formula is C22H29N3O3. The number of nitrogens with zero attached hydrogens (tertiary/aromatic N) is 1. The van der Waals surface area contributed by atoms with Crippen molar-refractivity contribution in [1.29, 1.82) is 0 Å². The number of anilines is 1. The zero-order valence-corrected chi connectivity index (χ0v) is 16.7. The monoisotopic (exact) mass is 383 g/mol. The number of carbonyl (C=O) groups excluding carboxylic acids is 1. The smallest absolute Gasteiger partial charge is 0.319 e. The van der Waals surface area contributed by atoms with Crippen molar-refractivity contribution < 1.29 is 14.3 Å². The maximum Gasteiger partial charge on any atom is 0.319 e. The molecule has 28 heavy (non-hydrogen) atoms. The maximum absolute atomic E-state index is 12.5. The van der Waals surface area contributed by atoms with E-state index in [0.717, 1.165) is 36.4 Å². The summed E-state index contributed by atoms with van der Waals surface area (Å²) in [6.45, 7) is 3.45. The largest absolute Gasteiger partial charge is 0.493 e. The molecule has 0 atom stereocenters. The van der Waals surface area contributed by atoms with Crippen LogP contribution in [0, 0.1) is 0 Å². The van der Waals surface area contributed by atoms with E-state index in [9.17, 15) is 4.79 Å². The Morgan fingerprint density at radius 2 is 1.71 bits per heavy atom. The van der Waals surface area contributed by atoms with E-state index in [1.165, 1.54) is 19.3 Å². The van der Waals surface area contributed by atoms with Crippen LogP contribution in [-0.4, -0.2) is 38.2 Å². The quantitative estimate of drug-likeness (QED) is 0.758. The highest BCUT2D eigenvalue weighted by molar-refractivity contribution is 5.90. The molecule has 2 aromatic rings. The second-order valence-corrected chi connectivity index (χ2v) is 6.95. The molecule has 1 heterocycles. The highest BCUT2D eigenvalue weighted by Crippen LogP contribution is 2.30. The van der Waals surface area contributed by atoms with Gasteiger partial charge in [-0.3, -0.25) is 4.90 Å². The summed E-state index contributed by atoms with van der Waals surface area (Å²) in [7, 11) is 3.19. The minimum absolute atomic E-state index is 0.240. The lowest BCUT2D eigenvalue weighted by Crippen LogP contribution is -2.31. The van der Waals surface area contributed by atoms with E-state index < -0.39 is 0 Å². The van der Waals surface area contributed by atoms with E-state index in [0.29, 0.717) is 18.0 Å². The van der Waals surface area contributed by atoms with Gasteiger partial charge in [0, 0.05) is 24.3 Å². The normalized spacial score (nSPS) is 14.4. The van der Waals surface area contributed by atoms with Crippen LogP contribution in [0.25, 0.3) is 0 Å². The van der Waals surface area contributed by atoms with Gasteiger partial charge in [0.2, 0.25) is 0 Å². The van der Waals surface area contributed by atoms with Crippen LogP contribution in [0.15, 0.2) is 42.5 Å². The van der Waals surface area contributed by atoms with Gasteiger partial charge in [-0.1, -0.05) is 36.8 Å². The van der Waals surface area contributed by atoms with Crippen LogP contribution >= 0.6 is 0 Å². The van der Waals surface area contributed by atoms with Crippen LogP contribution in [0.4, 0.5) is 10.5 Å². The zero-order valence-electron chi connectivity index (χ0n) is 16.7. The van der Waals surface area contributed by atoms with Crippen molar-refractivity contribution in [3.63, 3.8) is 0 Å². The minimum Gasteiger partial charge on any atom is -0.493 e. The van der Waals surface area contributed by atoms with Crippen LogP contribution < -0.4 is 20.1 Å². The van der Waals surface area contributed by atoms with Crippen molar-refractivity contribution in [3.05, 3.63) is 53.6 Å². The number of urea groups is 1. The molecule has 0 aliphatic carbocycles. The van der Waals surface area contributed by atoms with Crippen LogP contribution in [0.2, 0.25) is 0 Å². The third-order valence-electron chi connectivity index (χ3n) is 5.03. The summed E-state index contributed by atoms with van der Waals surface area (Å²) in [5.41, 5.74) is 2.85. The molecule has 0 aromatic heterocycles. The number of nitrogens with one attached hydrogen (secondary N) is 2. The van der Waals surface area contributed by atoms with Gasteiger partial charge in [0.15, 0.2) is 11.5 Å². The maximum atomic E-state index is 12.5. The molecule has 6 heteroatoms. The molecule has 1 aliphatic rings. The Labute approximate surface area is 166 Å². The second kappa shape index (κ2) is 9.99. The number of likely N-dealkylation sites (tertiary alicyclic amines) is 1. The van der Waals surface area contributed by atoms with Gasteiger partial charge >= 0.3 is 6.03 Å². The third-order valence-corrected chi connectivity index (χ3v) is 5.03. The van der Waals surface area contributed by atoms with E-state index >= 15 is 0 Å². The standard InChI is InChI=1S/C22H29N3O3/c1-27-20-12-8-10-17(21(20)28-2)15-23-22(26)24-19-11-5-4-9-18(19)16-25-13-6-3-7-14-25/h4-5,8-12H,3,6-7,13-16H2,1-2H3,(H2,23,24,26). The number of methoxy groups -OCH3 is 2. The molecule has 0 unspecified atom stereocenters. The molecule has 1 aliphatic heterocycles. The first-order valence-electron chi connectivity index (χ1n) is 9.76. The topological polar surface area (TPSA) is 62.8 Å². The fourth-order valence-electron chi connectivity index (χ4n) is 3.57. The van der Waals surface area contributed by atoms with E-state index in [1.807, 2.05) is 36.4 Å². The van der Waals surface area contributed by atoms with Crippen molar-refractivity contribution in [2.75, 3.05) is 32.6 Å². The van der Waals surface area contributed by atoms with Crippen LogP contribution in [-0.2, 0) is 13.1 Å². The third kappa shape index (κ3) is 5.16. The van der Waals surface area contributed by atoms with Crippen molar-refractivity contribution in [2.24, 2.45) is 0 Å². The summed E-state index contributed by atoms with van der Waals surface area (Å²) in [5, 5.41) is 5.89. The van der Waals surface area contributed by atoms with Crippen LogP contribution in [0.5, 0.6) is 11.5 Å². The SMILES string of the molecule is COc1cccc(CNC(=O)Nc2ccccc2CN2CCCCC2)c1OC. The molecule has 1 fully saturated rings. The molecule has 2 amide bonds. The molecule has 1 saturated heterocycles. The van der Waals surface area contributed by atoms with Gasteiger partial charge in [-0.15, -0.1) is 0 Å². The Kier molecular flexibility index (Phi) is 7.14. The number of hydrogen-bond acceptors (Lipinski definition) is 4. The lowest BCUT2D eigenvalue weighted by Gasteiger charge is -2.27. The highest BCUT2D eigenvalue weighted by Gasteiger charge is 2.14. The fraction of sp³-hybridized carbons (Fsp3) is 0.409. The molecule has 0 radical (unpaired) electrons. The van der Waals surface area contributed by atoms with Crippen molar-refractivity contribution in [1.82, 2.24) is 10.2 Å². The Balaban J connectivity index is 1.61. The van der Waals surface area contributed by atoms with Crippen LogP contribution in [0.3, 0.4) is 0 Å². The fourth-order valence-corrected chi connectivity index (χ4v) is 3.57. The second-order valence-electron chi connectivity index (χ2n) is 6.95. The number of benzene rings is 2. The van der Waals surface area contributed by atoms with E-state index in [4.69, 9.17) is 9.47 Å². The van der Waals surface area contributed by atoms with Crippen molar-refractivity contribution >= 4 is 11.7 Å². The first kappa shape index (κ1) is 20.0. The molecule has 2 N–H and O–H groups in total. The highest BCUT2D eigenvalue weighted by atomic mass is 16.5. The number of para-hydroxylation sites is 2. The van der Waals surface area contributed by atoms with Gasteiger partial charge in [0.05, 0.1) is 14.2 Å².